The van der Waals surface area contributed by atoms with E-state index in [9.17, 15) is 9.59 Å². The lowest BCUT2D eigenvalue weighted by atomic mass is 9.98. The molecule has 0 spiro atoms. The first kappa shape index (κ1) is 22.2. The minimum atomic E-state index is -0.855. The number of benzene rings is 1. The molecule has 6 heteroatoms. The quantitative estimate of drug-likeness (QED) is 0.559. The highest BCUT2D eigenvalue weighted by Crippen LogP contribution is 2.42. The number of carbonyl (C=O) groups excluding carboxylic acids is 2. The second-order valence-electron chi connectivity index (χ2n) is 7.45. The summed E-state index contributed by atoms with van der Waals surface area (Å²) in [5.41, 5.74) is -0.0227. The minimum absolute atomic E-state index is 0.0331. The van der Waals surface area contributed by atoms with Crippen LogP contribution in [0.4, 0.5) is 5.69 Å². The smallest absolute Gasteiger partial charge is 0.341 e. The summed E-state index contributed by atoms with van der Waals surface area (Å²) in [6, 6.07) is 5.06. The lowest BCUT2D eigenvalue weighted by molar-refractivity contribution is -0.142. The molecular formula is C22H33NO5. The third kappa shape index (κ3) is 5.47. The number of hydrogen-bond donors (Lipinski definition) is 1. The van der Waals surface area contributed by atoms with Gasteiger partial charge in [-0.2, -0.15) is 0 Å². The molecule has 1 aromatic carbocycles. The molecule has 0 aliphatic heterocycles. The summed E-state index contributed by atoms with van der Waals surface area (Å²) in [5, 5.41) is 2.92. The summed E-state index contributed by atoms with van der Waals surface area (Å²) in [7, 11) is 0. The van der Waals surface area contributed by atoms with E-state index in [1.54, 1.807) is 25.1 Å². The highest BCUT2D eigenvalue weighted by molar-refractivity contribution is 6.00. The number of amides is 1. The molecule has 1 amide bonds. The SMILES string of the molecule is CCCO[C@@](C)(C(=O)Nc1ccc(O[C@H](C)CC)c(C(=O)OCC)c1)C1CC1. The number of carbonyl (C=O) groups is 2. The third-order valence-corrected chi connectivity index (χ3v) is 5.05. The largest absolute Gasteiger partial charge is 0.490 e. The molecule has 0 bridgehead atoms. The van der Waals surface area contributed by atoms with E-state index in [0.717, 1.165) is 25.7 Å². The summed E-state index contributed by atoms with van der Waals surface area (Å²) in [4.78, 5) is 25.3. The first-order valence-corrected chi connectivity index (χ1v) is 10.3. The highest BCUT2D eigenvalue weighted by Gasteiger charge is 2.48. The number of esters is 1. The van der Waals surface area contributed by atoms with Crippen molar-refractivity contribution in [3.8, 4) is 5.75 Å². The van der Waals surface area contributed by atoms with Crippen LogP contribution in [0.1, 0.15) is 70.7 Å². The Kier molecular flexibility index (Phi) is 7.87. The summed E-state index contributed by atoms with van der Waals surface area (Å²) >= 11 is 0. The van der Waals surface area contributed by atoms with Crippen LogP contribution in [0.5, 0.6) is 5.75 Å². The molecule has 1 fully saturated rings. The fourth-order valence-corrected chi connectivity index (χ4v) is 2.95. The average molecular weight is 392 g/mol. The Morgan fingerprint density at radius 1 is 1.25 bits per heavy atom. The van der Waals surface area contributed by atoms with Crippen LogP contribution in [0.2, 0.25) is 0 Å². The van der Waals surface area contributed by atoms with E-state index in [1.165, 1.54) is 0 Å². The lowest BCUT2D eigenvalue weighted by Gasteiger charge is -2.29. The summed E-state index contributed by atoms with van der Waals surface area (Å²) in [6.07, 6.45) is 3.61. The van der Waals surface area contributed by atoms with Gasteiger partial charge in [-0.1, -0.05) is 13.8 Å². The molecule has 1 saturated carbocycles. The number of nitrogens with one attached hydrogen (secondary N) is 1. The van der Waals surface area contributed by atoms with E-state index in [4.69, 9.17) is 14.2 Å². The van der Waals surface area contributed by atoms with Gasteiger partial charge in [0.15, 0.2) is 0 Å². The van der Waals surface area contributed by atoms with Crippen molar-refractivity contribution in [3.05, 3.63) is 23.8 Å². The topological polar surface area (TPSA) is 73.9 Å². The molecule has 1 aliphatic carbocycles. The zero-order chi connectivity index (χ0) is 20.7. The van der Waals surface area contributed by atoms with Crippen LogP contribution in [-0.4, -0.2) is 36.8 Å². The van der Waals surface area contributed by atoms with Gasteiger partial charge in [-0.3, -0.25) is 4.79 Å². The molecule has 0 saturated heterocycles. The molecule has 0 unspecified atom stereocenters. The predicted octanol–water partition coefficient (Wildman–Crippen LogP) is 4.57. The monoisotopic (exact) mass is 391 g/mol. The number of anilines is 1. The van der Waals surface area contributed by atoms with Crippen LogP contribution < -0.4 is 10.1 Å². The van der Waals surface area contributed by atoms with Gasteiger partial charge in [0, 0.05) is 12.3 Å². The normalized spacial score (nSPS) is 16.8. The maximum absolute atomic E-state index is 13.0. The maximum atomic E-state index is 13.0. The molecule has 2 atom stereocenters. The van der Waals surface area contributed by atoms with Crippen molar-refractivity contribution >= 4 is 17.6 Å². The van der Waals surface area contributed by atoms with Gasteiger partial charge in [-0.25, -0.2) is 4.79 Å². The predicted molar refractivity (Wildman–Crippen MR) is 109 cm³/mol. The highest BCUT2D eigenvalue weighted by atomic mass is 16.5. The van der Waals surface area contributed by atoms with E-state index >= 15 is 0 Å². The maximum Gasteiger partial charge on any atom is 0.341 e. The van der Waals surface area contributed by atoms with Gasteiger partial charge in [0.2, 0.25) is 0 Å². The van der Waals surface area contributed by atoms with Crippen LogP contribution in [0.25, 0.3) is 0 Å². The Morgan fingerprint density at radius 3 is 2.54 bits per heavy atom. The number of hydrogen-bond acceptors (Lipinski definition) is 5. The van der Waals surface area contributed by atoms with Gasteiger partial charge in [0.25, 0.3) is 5.91 Å². The van der Waals surface area contributed by atoms with Crippen molar-refractivity contribution in [1.82, 2.24) is 0 Å². The number of ether oxygens (including phenoxy) is 3. The van der Waals surface area contributed by atoms with Gasteiger partial charge in [-0.15, -0.1) is 0 Å². The number of rotatable bonds is 11. The van der Waals surface area contributed by atoms with Gasteiger partial charge in [0.05, 0.1) is 12.7 Å². The molecule has 1 N–H and O–H groups in total. The van der Waals surface area contributed by atoms with Gasteiger partial charge < -0.3 is 19.5 Å². The molecule has 1 aromatic rings. The molecule has 156 valence electrons. The second-order valence-corrected chi connectivity index (χ2v) is 7.45. The molecule has 0 aromatic heterocycles. The molecule has 0 radical (unpaired) electrons. The van der Waals surface area contributed by atoms with Crippen LogP contribution in [0, 0.1) is 5.92 Å². The Balaban J connectivity index is 2.23. The van der Waals surface area contributed by atoms with E-state index in [2.05, 4.69) is 5.32 Å². The van der Waals surface area contributed by atoms with Crippen LogP contribution in [0.3, 0.4) is 0 Å². The van der Waals surface area contributed by atoms with Crippen molar-refractivity contribution in [2.45, 2.75) is 72.0 Å². The Labute approximate surface area is 167 Å². The van der Waals surface area contributed by atoms with Crippen molar-refractivity contribution < 1.29 is 23.8 Å². The Morgan fingerprint density at radius 2 is 1.96 bits per heavy atom. The minimum Gasteiger partial charge on any atom is -0.490 e. The first-order valence-electron chi connectivity index (χ1n) is 10.3. The van der Waals surface area contributed by atoms with Gasteiger partial charge >= 0.3 is 5.97 Å². The fourth-order valence-electron chi connectivity index (χ4n) is 2.95. The lowest BCUT2D eigenvalue weighted by Crippen LogP contribution is -2.45. The molecule has 28 heavy (non-hydrogen) atoms. The van der Waals surface area contributed by atoms with E-state index in [0.29, 0.717) is 23.6 Å². The van der Waals surface area contributed by atoms with Crippen LogP contribution in [0.15, 0.2) is 18.2 Å². The molecular weight excluding hydrogens is 358 g/mol. The molecule has 0 heterocycles. The zero-order valence-electron chi connectivity index (χ0n) is 17.7. The Bertz CT molecular complexity index is 686. The average Bonchev–Trinajstić information content (AvgIpc) is 3.52. The fraction of sp³-hybridized carbons (Fsp3) is 0.636. The molecule has 1 aliphatic rings. The van der Waals surface area contributed by atoms with Gasteiger partial charge in [0.1, 0.15) is 16.9 Å². The van der Waals surface area contributed by atoms with E-state index in [-0.39, 0.29) is 24.5 Å². The third-order valence-electron chi connectivity index (χ3n) is 5.05. The van der Waals surface area contributed by atoms with Crippen molar-refractivity contribution in [2.75, 3.05) is 18.5 Å². The summed E-state index contributed by atoms with van der Waals surface area (Å²) < 4.78 is 16.9. The van der Waals surface area contributed by atoms with Crippen LogP contribution >= 0.6 is 0 Å². The van der Waals surface area contributed by atoms with Crippen molar-refractivity contribution in [1.29, 1.82) is 0 Å². The van der Waals surface area contributed by atoms with Crippen molar-refractivity contribution in [3.63, 3.8) is 0 Å². The molecule has 6 nitrogen and oxygen atoms in total. The van der Waals surface area contributed by atoms with Crippen LogP contribution in [-0.2, 0) is 14.3 Å². The molecule has 2 rings (SSSR count). The zero-order valence-corrected chi connectivity index (χ0v) is 17.7. The summed E-state index contributed by atoms with van der Waals surface area (Å²) in [6.45, 7) is 10.4. The summed E-state index contributed by atoms with van der Waals surface area (Å²) in [5.74, 6) is 0.0347. The van der Waals surface area contributed by atoms with E-state index < -0.39 is 11.6 Å². The standard InChI is InChI=1S/C22H33NO5/c1-6-13-27-22(5,16-9-10-16)21(25)23-17-11-12-19(28-15(4)7-2)18(14-17)20(24)26-8-3/h11-12,14-16H,6-10,13H2,1-5H3,(H,23,25)/t15-,22-/m1/s1. The van der Waals surface area contributed by atoms with E-state index in [1.807, 2.05) is 27.7 Å². The van der Waals surface area contributed by atoms with Crippen molar-refractivity contribution in [2.24, 2.45) is 5.92 Å². The van der Waals surface area contributed by atoms with Gasteiger partial charge in [-0.05, 0) is 70.6 Å². The Hall–Kier alpha value is -2.08. The first-order chi connectivity index (χ1) is 13.3. The second kappa shape index (κ2) is 9.92.